The van der Waals surface area contributed by atoms with Crippen molar-refractivity contribution < 1.29 is 14.3 Å². The molecule has 2 aromatic rings. The first kappa shape index (κ1) is 15.5. The molecule has 0 atom stereocenters. The largest absolute Gasteiger partial charge is 0.451 e. The Hall–Kier alpha value is -2.91. The van der Waals surface area contributed by atoms with Crippen LogP contribution in [0.15, 0.2) is 42.6 Å². The summed E-state index contributed by atoms with van der Waals surface area (Å²) >= 11 is 5.81. The Balaban J connectivity index is 1.95. The van der Waals surface area contributed by atoms with Crippen LogP contribution in [0.2, 0.25) is 5.02 Å². The minimum absolute atomic E-state index is 0.107. The van der Waals surface area contributed by atoms with Crippen molar-refractivity contribution in [2.75, 3.05) is 11.9 Å². The highest BCUT2D eigenvalue weighted by molar-refractivity contribution is 6.31. The van der Waals surface area contributed by atoms with Gasteiger partial charge in [0.2, 0.25) is 0 Å². The number of nitriles is 1. The number of halogens is 1. The van der Waals surface area contributed by atoms with Gasteiger partial charge >= 0.3 is 5.97 Å². The number of hydrogen-bond acceptors (Lipinski definition) is 5. The number of nitrogens with zero attached hydrogens (tertiary/aromatic N) is 2. The van der Waals surface area contributed by atoms with Crippen LogP contribution in [-0.2, 0) is 9.53 Å². The van der Waals surface area contributed by atoms with Crippen molar-refractivity contribution in [1.82, 2.24) is 4.98 Å². The lowest BCUT2D eigenvalue weighted by molar-refractivity contribution is -0.119. The van der Waals surface area contributed by atoms with Crippen LogP contribution < -0.4 is 5.32 Å². The van der Waals surface area contributed by atoms with E-state index < -0.39 is 18.5 Å². The first-order valence-electron chi connectivity index (χ1n) is 6.18. The molecule has 7 heteroatoms. The van der Waals surface area contributed by atoms with Crippen LogP contribution in [0.1, 0.15) is 16.1 Å². The average Bonchev–Trinajstić information content (AvgIpc) is 2.53. The molecule has 0 bridgehead atoms. The van der Waals surface area contributed by atoms with Gasteiger partial charge in [-0.25, -0.2) is 9.78 Å². The number of aromatic nitrogens is 1. The van der Waals surface area contributed by atoms with E-state index in [1.54, 1.807) is 12.1 Å². The van der Waals surface area contributed by atoms with E-state index in [9.17, 15) is 9.59 Å². The van der Waals surface area contributed by atoms with Crippen LogP contribution in [0.3, 0.4) is 0 Å². The highest BCUT2D eigenvalue weighted by Crippen LogP contribution is 2.20. The SMILES string of the molecule is N#Cc1ccc(Cl)cc1NC(=O)COC(=O)c1ccccn1. The molecule has 1 aromatic carbocycles. The zero-order valence-corrected chi connectivity index (χ0v) is 12.0. The van der Waals surface area contributed by atoms with Crippen molar-refractivity contribution in [3.8, 4) is 6.07 Å². The number of carbonyl (C=O) groups is 2. The number of benzene rings is 1. The standard InChI is InChI=1S/C15H10ClN3O3/c16-11-5-4-10(8-17)13(7-11)19-14(20)9-22-15(21)12-3-1-2-6-18-12/h1-7H,9H2,(H,19,20). The van der Waals surface area contributed by atoms with Crippen LogP contribution in [-0.4, -0.2) is 23.5 Å². The summed E-state index contributed by atoms with van der Waals surface area (Å²) in [5.74, 6) is -1.29. The molecule has 0 aliphatic heterocycles. The van der Waals surface area contributed by atoms with Crippen molar-refractivity contribution >= 4 is 29.2 Å². The smallest absolute Gasteiger partial charge is 0.357 e. The van der Waals surface area contributed by atoms with Crippen LogP contribution in [0.25, 0.3) is 0 Å². The van der Waals surface area contributed by atoms with Gasteiger partial charge in [-0.3, -0.25) is 4.79 Å². The van der Waals surface area contributed by atoms with E-state index in [4.69, 9.17) is 21.6 Å². The Kier molecular flexibility index (Phi) is 5.07. The predicted molar refractivity (Wildman–Crippen MR) is 79.3 cm³/mol. The van der Waals surface area contributed by atoms with E-state index in [1.807, 2.05) is 6.07 Å². The fourth-order valence-corrected chi connectivity index (χ4v) is 1.76. The van der Waals surface area contributed by atoms with E-state index in [2.05, 4.69) is 10.3 Å². The van der Waals surface area contributed by atoms with Gasteiger partial charge in [-0.15, -0.1) is 0 Å². The first-order valence-corrected chi connectivity index (χ1v) is 6.55. The number of nitrogens with one attached hydrogen (secondary N) is 1. The monoisotopic (exact) mass is 315 g/mol. The molecule has 1 N–H and O–H groups in total. The van der Waals surface area contributed by atoms with E-state index in [0.717, 1.165) is 0 Å². The zero-order valence-electron chi connectivity index (χ0n) is 11.2. The maximum absolute atomic E-state index is 11.8. The molecule has 0 unspecified atom stereocenters. The minimum atomic E-state index is -0.706. The molecule has 0 aliphatic rings. The molecule has 1 aromatic heterocycles. The summed E-state index contributed by atoms with van der Waals surface area (Å²) in [6.07, 6.45) is 1.45. The van der Waals surface area contributed by atoms with Gasteiger partial charge in [-0.05, 0) is 30.3 Å². The lowest BCUT2D eigenvalue weighted by Gasteiger charge is -2.08. The van der Waals surface area contributed by atoms with Crippen molar-refractivity contribution in [3.63, 3.8) is 0 Å². The molecule has 0 saturated carbocycles. The van der Waals surface area contributed by atoms with E-state index in [-0.39, 0.29) is 16.9 Å². The Bertz CT molecular complexity index is 741. The van der Waals surface area contributed by atoms with Crippen LogP contribution in [0.5, 0.6) is 0 Å². The Morgan fingerprint density at radius 1 is 1.32 bits per heavy atom. The third-order valence-electron chi connectivity index (χ3n) is 2.58. The second-order valence-electron chi connectivity index (χ2n) is 4.14. The third-order valence-corrected chi connectivity index (χ3v) is 2.82. The van der Waals surface area contributed by atoms with Crippen molar-refractivity contribution in [2.24, 2.45) is 0 Å². The highest BCUT2D eigenvalue weighted by Gasteiger charge is 2.12. The van der Waals surface area contributed by atoms with Crippen molar-refractivity contribution in [3.05, 3.63) is 58.9 Å². The van der Waals surface area contributed by atoms with Gasteiger partial charge in [0, 0.05) is 11.2 Å². The van der Waals surface area contributed by atoms with E-state index in [1.165, 1.54) is 30.5 Å². The molecule has 6 nitrogen and oxygen atoms in total. The Labute approximate surface area is 131 Å². The molecular weight excluding hydrogens is 306 g/mol. The predicted octanol–water partition coefficient (Wildman–Crippen LogP) is 2.40. The van der Waals surface area contributed by atoms with Crippen LogP contribution >= 0.6 is 11.6 Å². The quantitative estimate of drug-likeness (QED) is 0.875. The molecule has 1 heterocycles. The number of carbonyl (C=O) groups excluding carboxylic acids is 2. The number of rotatable bonds is 4. The van der Waals surface area contributed by atoms with Crippen LogP contribution in [0, 0.1) is 11.3 Å². The minimum Gasteiger partial charge on any atom is -0.451 e. The number of amides is 1. The molecule has 0 fully saturated rings. The second kappa shape index (κ2) is 7.20. The van der Waals surface area contributed by atoms with Crippen molar-refractivity contribution in [2.45, 2.75) is 0 Å². The normalized spacial score (nSPS) is 9.64. The van der Waals surface area contributed by atoms with Crippen molar-refractivity contribution in [1.29, 1.82) is 5.26 Å². The third kappa shape index (κ3) is 4.04. The number of pyridine rings is 1. The summed E-state index contributed by atoms with van der Waals surface area (Å²) in [5, 5.41) is 11.8. The van der Waals surface area contributed by atoms with Gasteiger partial charge in [-0.2, -0.15) is 5.26 Å². The molecule has 2 rings (SSSR count). The molecule has 0 radical (unpaired) electrons. The average molecular weight is 316 g/mol. The van der Waals surface area contributed by atoms with Gasteiger partial charge in [-0.1, -0.05) is 17.7 Å². The molecule has 1 amide bonds. The summed E-state index contributed by atoms with van der Waals surface area (Å²) < 4.78 is 4.84. The van der Waals surface area contributed by atoms with Crippen LogP contribution in [0.4, 0.5) is 5.69 Å². The second-order valence-corrected chi connectivity index (χ2v) is 4.58. The summed E-state index contributed by atoms with van der Waals surface area (Å²) in [6, 6.07) is 11.2. The van der Waals surface area contributed by atoms with Gasteiger partial charge in [0.05, 0.1) is 11.3 Å². The Morgan fingerprint density at radius 2 is 2.14 bits per heavy atom. The Morgan fingerprint density at radius 3 is 2.82 bits per heavy atom. The summed E-state index contributed by atoms with van der Waals surface area (Å²) in [5.41, 5.74) is 0.624. The summed E-state index contributed by atoms with van der Waals surface area (Å²) in [7, 11) is 0. The van der Waals surface area contributed by atoms with Gasteiger partial charge in [0.1, 0.15) is 11.8 Å². The highest BCUT2D eigenvalue weighted by atomic mass is 35.5. The molecule has 110 valence electrons. The molecule has 0 spiro atoms. The maximum Gasteiger partial charge on any atom is 0.357 e. The molecule has 0 saturated heterocycles. The lowest BCUT2D eigenvalue weighted by Crippen LogP contribution is -2.21. The topological polar surface area (TPSA) is 92.1 Å². The fraction of sp³-hybridized carbons (Fsp3) is 0.0667. The fourth-order valence-electron chi connectivity index (χ4n) is 1.59. The number of hydrogen-bond donors (Lipinski definition) is 1. The number of anilines is 1. The molecule has 22 heavy (non-hydrogen) atoms. The van der Waals surface area contributed by atoms with Gasteiger partial charge in [0.25, 0.3) is 5.91 Å². The van der Waals surface area contributed by atoms with E-state index >= 15 is 0 Å². The number of esters is 1. The van der Waals surface area contributed by atoms with E-state index in [0.29, 0.717) is 5.02 Å². The molecule has 0 aliphatic carbocycles. The maximum atomic E-state index is 11.8. The first-order chi connectivity index (χ1) is 10.6. The summed E-state index contributed by atoms with van der Waals surface area (Å²) in [4.78, 5) is 27.2. The summed E-state index contributed by atoms with van der Waals surface area (Å²) in [6.45, 7) is -0.493. The lowest BCUT2D eigenvalue weighted by atomic mass is 10.2. The zero-order chi connectivity index (χ0) is 15.9. The van der Waals surface area contributed by atoms with Gasteiger partial charge < -0.3 is 10.1 Å². The molecular formula is C15H10ClN3O3. The number of ether oxygens (including phenoxy) is 1. The van der Waals surface area contributed by atoms with Gasteiger partial charge in [0.15, 0.2) is 6.61 Å².